The van der Waals surface area contributed by atoms with Crippen molar-refractivity contribution in [2.24, 2.45) is 5.92 Å². The topological polar surface area (TPSA) is 55.4 Å². The molecule has 0 radical (unpaired) electrons. The van der Waals surface area contributed by atoms with E-state index < -0.39 is 0 Å². The molecule has 2 heterocycles. The number of hydrogen-bond acceptors (Lipinski definition) is 3. The first-order valence-corrected chi connectivity index (χ1v) is 6.77. The summed E-state index contributed by atoms with van der Waals surface area (Å²) in [6.07, 6.45) is 2.07. The summed E-state index contributed by atoms with van der Waals surface area (Å²) in [5, 5.41) is 2.78. The predicted octanol–water partition coefficient (Wildman–Crippen LogP) is 2.18. The Morgan fingerprint density at radius 2 is 2.32 bits per heavy atom. The summed E-state index contributed by atoms with van der Waals surface area (Å²) in [5.74, 6) is 0.106. The van der Waals surface area contributed by atoms with Gasteiger partial charge in [0.1, 0.15) is 0 Å². The third-order valence-electron chi connectivity index (χ3n) is 3.96. The molecule has 19 heavy (non-hydrogen) atoms. The van der Waals surface area contributed by atoms with Crippen LogP contribution in [-0.2, 0) is 16.0 Å². The highest BCUT2D eigenvalue weighted by atomic mass is 16.5. The Kier molecular flexibility index (Phi) is 3.11. The fraction of sp³-hybridized carbons (Fsp3) is 0.467. The minimum absolute atomic E-state index is 0.00441. The summed E-state index contributed by atoms with van der Waals surface area (Å²) in [6, 6.07) is 5.47. The molecule has 1 N–H and O–H groups in total. The van der Waals surface area contributed by atoms with E-state index in [0.717, 1.165) is 24.1 Å². The average Bonchev–Trinajstić information content (AvgIpc) is 3.01. The third kappa shape index (κ3) is 2.16. The maximum absolute atomic E-state index is 12.5. The Morgan fingerprint density at radius 1 is 1.47 bits per heavy atom. The molecule has 0 aliphatic carbocycles. The van der Waals surface area contributed by atoms with E-state index >= 15 is 0 Å². The van der Waals surface area contributed by atoms with Crippen LogP contribution in [0, 0.1) is 5.92 Å². The number of amides is 1. The molecular formula is C15H17NO3. The van der Waals surface area contributed by atoms with Gasteiger partial charge < -0.3 is 10.1 Å². The molecule has 1 saturated heterocycles. The fourth-order valence-corrected chi connectivity index (χ4v) is 2.95. The van der Waals surface area contributed by atoms with Gasteiger partial charge in [0.25, 0.3) is 0 Å². The second-order valence-electron chi connectivity index (χ2n) is 5.17. The lowest BCUT2D eigenvalue weighted by molar-refractivity contribution is -0.115. The molecule has 1 aromatic rings. The predicted molar refractivity (Wildman–Crippen MR) is 71.2 cm³/mol. The van der Waals surface area contributed by atoms with Gasteiger partial charge in [0.2, 0.25) is 5.91 Å². The van der Waals surface area contributed by atoms with E-state index in [1.807, 2.05) is 19.1 Å². The summed E-state index contributed by atoms with van der Waals surface area (Å²) in [7, 11) is 0. The van der Waals surface area contributed by atoms with Gasteiger partial charge in [-0.3, -0.25) is 9.59 Å². The summed E-state index contributed by atoms with van der Waals surface area (Å²) in [6.45, 7) is 2.71. The zero-order chi connectivity index (χ0) is 13.4. The number of carbonyl (C=O) groups is 2. The molecule has 3 rings (SSSR count). The number of hydrogen-bond donors (Lipinski definition) is 1. The number of benzene rings is 1. The lowest BCUT2D eigenvalue weighted by Gasteiger charge is -2.15. The first kappa shape index (κ1) is 12.4. The van der Waals surface area contributed by atoms with Gasteiger partial charge >= 0.3 is 0 Å². The molecule has 4 heteroatoms. The van der Waals surface area contributed by atoms with Crippen LogP contribution in [0.3, 0.4) is 0 Å². The molecule has 2 aliphatic rings. The Balaban J connectivity index is 1.85. The molecule has 2 atom stereocenters. The van der Waals surface area contributed by atoms with Gasteiger partial charge in [-0.1, -0.05) is 6.92 Å². The molecule has 0 spiro atoms. The van der Waals surface area contributed by atoms with E-state index in [9.17, 15) is 9.59 Å². The zero-order valence-corrected chi connectivity index (χ0v) is 10.9. The van der Waals surface area contributed by atoms with Crippen molar-refractivity contribution in [2.45, 2.75) is 32.3 Å². The summed E-state index contributed by atoms with van der Waals surface area (Å²) in [5.41, 5.74) is 2.45. The van der Waals surface area contributed by atoms with Crippen molar-refractivity contribution < 1.29 is 14.3 Å². The van der Waals surface area contributed by atoms with E-state index in [0.29, 0.717) is 18.6 Å². The van der Waals surface area contributed by atoms with Crippen LogP contribution < -0.4 is 5.32 Å². The molecule has 2 aliphatic heterocycles. The molecule has 2 unspecified atom stereocenters. The smallest absolute Gasteiger partial charge is 0.228 e. The quantitative estimate of drug-likeness (QED) is 0.846. The monoisotopic (exact) mass is 259 g/mol. The van der Waals surface area contributed by atoms with Crippen LogP contribution in [0.1, 0.15) is 35.7 Å². The van der Waals surface area contributed by atoms with E-state index in [1.54, 1.807) is 6.07 Å². The van der Waals surface area contributed by atoms with E-state index in [2.05, 4.69) is 5.32 Å². The largest absolute Gasteiger partial charge is 0.377 e. The maximum atomic E-state index is 12.5. The summed E-state index contributed by atoms with van der Waals surface area (Å²) >= 11 is 0. The Bertz CT molecular complexity index is 538. The maximum Gasteiger partial charge on any atom is 0.228 e. The highest BCUT2D eigenvalue weighted by Gasteiger charge is 2.33. The van der Waals surface area contributed by atoms with Crippen LogP contribution in [0.2, 0.25) is 0 Å². The van der Waals surface area contributed by atoms with Gasteiger partial charge in [-0.25, -0.2) is 0 Å². The zero-order valence-electron chi connectivity index (χ0n) is 10.9. The minimum atomic E-state index is -0.0342. The second-order valence-corrected chi connectivity index (χ2v) is 5.17. The van der Waals surface area contributed by atoms with Crippen LogP contribution in [-0.4, -0.2) is 24.4 Å². The van der Waals surface area contributed by atoms with Crippen LogP contribution in [0.15, 0.2) is 18.2 Å². The number of ketones is 1. The molecule has 100 valence electrons. The van der Waals surface area contributed by atoms with Gasteiger partial charge in [-0.2, -0.15) is 0 Å². The summed E-state index contributed by atoms with van der Waals surface area (Å²) in [4.78, 5) is 23.8. The number of nitrogens with one attached hydrogen (secondary N) is 1. The second kappa shape index (κ2) is 4.78. The normalized spacial score (nSPS) is 25.2. The average molecular weight is 259 g/mol. The highest BCUT2D eigenvalue weighted by Crippen LogP contribution is 2.30. The number of Topliss-reactive ketones (excluding diaryl/α,β-unsaturated/α-hetero) is 1. The number of rotatable bonds is 3. The molecule has 0 saturated carbocycles. The lowest BCUT2D eigenvalue weighted by Crippen LogP contribution is -2.23. The van der Waals surface area contributed by atoms with Gasteiger partial charge in [0, 0.05) is 17.9 Å². The van der Waals surface area contributed by atoms with Crippen molar-refractivity contribution in [2.75, 3.05) is 11.9 Å². The van der Waals surface area contributed by atoms with Crippen LogP contribution in [0.4, 0.5) is 5.69 Å². The fourth-order valence-electron chi connectivity index (χ4n) is 2.95. The Hall–Kier alpha value is -1.68. The van der Waals surface area contributed by atoms with Gasteiger partial charge in [-0.05, 0) is 36.6 Å². The van der Waals surface area contributed by atoms with Crippen LogP contribution in [0.25, 0.3) is 0 Å². The number of anilines is 1. The third-order valence-corrected chi connectivity index (χ3v) is 3.96. The number of carbonyl (C=O) groups excluding carboxylic acids is 2. The van der Waals surface area contributed by atoms with Crippen molar-refractivity contribution >= 4 is 17.4 Å². The van der Waals surface area contributed by atoms with Crippen molar-refractivity contribution in [1.82, 2.24) is 0 Å². The van der Waals surface area contributed by atoms with Crippen molar-refractivity contribution in [3.05, 3.63) is 29.3 Å². The number of fused-ring (bicyclic) bond motifs is 1. The van der Waals surface area contributed by atoms with Crippen molar-refractivity contribution in [3.8, 4) is 0 Å². The molecule has 4 nitrogen and oxygen atoms in total. The van der Waals surface area contributed by atoms with E-state index in [-0.39, 0.29) is 23.7 Å². The van der Waals surface area contributed by atoms with Crippen LogP contribution in [0.5, 0.6) is 0 Å². The Morgan fingerprint density at radius 3 is 3.11 bits per heavy atom. The molecule has 1 fully saturated rings. The van der Waals surface area contributed by atoms with E-state index in [4.69, 9.17) is 4.74 Å². The lowest BCUT2D eigenvalue weighted by atomic mass is 9.90. The summed E-state index contributed by atoms with van der Waals surface area (Å²) < 4.78 is 5.58. The SMILES string of the molecule is CCC1OCCC1C(=O)c1ccc2c(c1)CC(=O)N2. The standard InChI is InChI=1S/C15H17NO3/c1-2-13-11(5-6-19-13)15(18)9-3-4-12-10(7-9)8-14(17)16-12/h3-4,7,11,13H,2,5-6,8H2,1H3,(H,16,17). The molecule has 0 bridgehead atoms. The molecular weight excluding hydrogens is 242 g/mol. The Labute approximate surface area is 112 Å². The van der Waals surface area contributed by atoms with Gasteiger partial charge in [0.05, 0.1) is 18.4 Å². The minimum Gasteiger partial charge on any atom is -0.377 e. The van der Waals surface area contributed by atoms with Gasteiger partial charge in [-0.15, -0.1) is 0 Å². The van der Waals surface area contributed by atoms with Gasteiger partial charge in [0.15, 0.2) is 5.78 Å². The number of ether oxygens (including phenoxy) is 1. The molecule has 1 aromatic carbocycles. The molecule has 1 amide bonds. The molecule has 0 aromatic heterocycles. The first-order valence-electron chi connectivity index (χ1n) is 6.77. The first-order chi connectivity index (χ1) is 9.19. The van der Waals surface area contributed by atoms with Crippen LogP contribution >= 0.6 is 0 Å². The highest BCUT2D eigenvalue weighted by molar-refractivity contribution is 6.03. The van der Waals surface area contributed by atoms with Crippen molar-refractivity contribution in [3.63, 3.8) is 0 Å². The van der Waals surface area contributed by atoms with E-state index in [1.165, 1.54) is 0 Å². The van der Waals surface area contributed by atoms with Crippen molar-refractivity contribution in [1.29, 1.82) is 0 Å².